The third kappa shape index (κ3) is 4.64. The van der Waals surface area contributed by atoms with Gasteiger partial charge in [0.15, 0.2) is 0 Å². The monoisotopic (exact) mass is 407 g/mol. The molecule has 6 nitrogen and oxygen atoms in total. The van der Waals surface area contributed by atoms with Gasteiger partial charge in [0.25, 0.3) is 11.8 Å². The zero-order valence-electron chi connectivity index (χ0n) is 15.8. The highest BCUT2D eigenvalue weighted by Gasteiger charge is 2.15. The van der Waals surface area contributed by atoms with Crippen LogP contribution in [0.25, 0.3) is 0 Å². The summed E-state index contributed by atoms with van der Waals surface area (Å²) in [6.07, 6.45) is 0. The van der Waals surface area contributed by atoms with Gasteiger partial charge in [0, 0.05) is 24.5 Å². The van der Waals surface area contributed by atoms with Crippen LogP contribution in [0.5, 0.6) is 0 Å². The number of rotatable bonds is 5. The fraction of sp³-hybridized carbons (Fsp3) is 0.182. The molecule has 0 unspecified atom stereocenters. The minimum atomic E-state index is -0.272. The highest BCUT2D eigenvalue weighted by Crippen LogP contribution is 2.22. The predicted molar refractivity (Wildman–Crippen MR) is 116 cm³/mol. The van der Waals surface area contributed by atoms with Crippen LogP contribution in [0.15, 0.2) is 66.0 Å². The zero-order valence-corrected chi connectivity index (χ0v) is 16.6. The van der Waals surface area contributed by atoms with Gasteiger partial charge < -0.3 is 20.3 Å². The third-order valence-corrected chi connectivity index (χ3v) is 5.53. The Morgan fingerprint density at radius 2 is 1.62 bits per heavy atom. The van der Waals surface area contributed by atoms with E-state index < -0.39 is 0 Å². The van der Waals surface area contributed by atoms with Gasteiger partial charge in [0.1, 0.15) is 0 Å². The van der Waals surface area contributed by atoms with Gasteiger partial charge in [0.2, 0.25) is 0 Å². The molecule has 0 spiro atoms. The predicted octanol–water partition coefficient (Wildman–Crippen LogP) is 4.09. The second-order valence-corrected chi connectivity index (χ2v) is 7.53. The number of morpholine rings is 1. The van der Waals surface area contributed by atoms with Crippen molar-refractivity contribution in [3.8, 4) is 0 Å². The fourth-order valence-electron chi connectivity index (χ4n) is 3.16. The Balaban J connectivity index is 1.45. The van der Waals surface area contributed by atoms with Gasteiger partial charge in [-0.25, -0.2) is 0 Å². The number of carbonyl (C=O) groups excluding carboxylic acids is 2. The number of thiophene rings is 1. The number of hydrogen-bond donors (Lipinski definition) is 2. The highest BCUT2D eigenvalue weighted by atomic mass is 32.1. The second kappa shape index (κ2) is 8.89. The number of hydrogen-bond acceptors (Lipinski definition) is 5. The van der Waals surface area contributed by atoms with Crippen LogP contribution in [0.1, 0.15) is 20.0 Å². The molecule has 0 aliphatic carbocycles. The van der Waals surface area contributed by atoms with E-state index >= 15 is 0 Å². The number of nitrogens with zero attached hydrogens (tertiary/aromatic N) is 1. The lowest BCUT2D eigenvalue weighted by molar-refractivity contribution is 0.102. The SMILES string of the molecule is O=C(Nc1ccccc1C(=O)Nc1ccc(N2CCOCC2)cc1)c1cccs1. The molecule has 2 heterocycles. The van der Waals surface area contributed by atoms with Gasteiger partial charge in [-0.3, -0.25) is 9.59 Å². The van der Waals surface area contributed by atoms with Gasteiger partial charge >= 0.3 is 0 Å². The molecule has 2 amide bonds. The summed E-state index contributed by atoms with van der Waals surface area (Å²) in [6, 6.07) is 18.3. The summed E-state index contributed by atoms with van der Waals surface area (Å²) < 4.78 is 5.38. The van der Waals surface area contributed by atoms with Crippen molar-refractivity contribution in [1.29, 1.82) is 0 Å². The molecule has 4 rings (SSSR count). The molecule has 0 radical (unpaired) electrons. The summed E-state index contributed by atoms with van der Waals surface area (Å²) in [6.45, 7) is 3.19. The van der Waals surface area contributed by atoms with Crippen LogP contribution in [0.3, 0.4) is 0 Å². The van der Waals surface area contributed by atoms with Crippen LogP contribution in [-0.4, -0.2) is 38.1 Å². The van der Waals surface area contributed by atoms with Crippen LogP contribution in [0.2, 0.25) is 0 Å². The van der Waals surface area contributed by atoms with E-state index in [2.05, 4.69) is 15.5 Å². The average molecular weight is 407 g/mol. The van der Waals surface area contributed by atoms with Gasteiger partial charge in [-0.1, -0.05) is 18.2 Å². The zero-order chi connectivity index (χ0) is 20.1. The van der Waals surface area contributed by atoms with E-state index in [4.69, 9.17) is 4.74 Å². The number of benzene rings is 2. The van der Waals surface area contributed by atoms with E-state index in [0.717, 1.165) is 32.0 Å². The molecule has 1 aromatic heterocycles. The summed E-state index contributed by atoms with van der Waals surface area (Å²) in [4.78, 5) is 28.0. The van der Waals surface area contributed by atoms with E-state index in [1.807, 2.05) is 35.7 Å². The Bertz CT molecular complexity index is 981. The first-order chi connectivity index (χ1) is 14.2. The first-order valence-corrected chi connectivity index (χ1v) is 10.3. The molecule has 1 aliphatic rings. The van der Waals surface area contributed by atoms with Gasteiger partial charge in [-0.15, -0.1) is 11.3 Å². The lowest BCUT2D eigenvalue weighted by atomic mass is 10.1. The molecule has 29 heavy (non-hydrogen) atoms. The highest BCUT2D eigenvalue weighted by molar-refractivity contribution is 7.12. The van der Waals surface area contributed by atoms with Crippen molar-refractivity contribution in [3.63, 3.8) is 0 Å². The third-order valence-electron chi connectivity index (χ3n) is 4.67. The summed E-state index contributed by atoms with van der Waals surface area (Å²) in [5, 5.41) is 7.57. The minimum absolute atomic E-state index is 0.227. The molecule has 1 saturated heterocycles. The number of carbonyl (C=O) groups is 2. The van der Waals surface area contributed by atoms with Gasteiger partial charge in [-0.2, -0.15) is 0 Å². The molecular formula is C22H21N3O3S. The topological polar surface area (TPSA) is 70.7 Å². The molecule has 2 aromatic carbocycles. The molecular weight excluding hydrogens is 386 g/mol. The molecule has 148 valence electrons. The van der Waals surface area contributed by atoms with Crippen molar-refractivity contribution in [1.82, 2.24) is 0 Å². The van der Waals surface area contributed by atoms with Crippen molar-refractivity contribution < 1.29 is 14.3 Å². The van der Waals surface area contributed by atoms with Gasteiger partial charge in [-0.05, 0) is 47.8 Å². The fourth-order valence-corrected chi connectivity index (χ4v) is 3.78. The van der Waals surface area contributed by atoms with Crippen LogP contribution < -0.4 is 15.5 Å². The largest absolute Gasteiger partial charge is 0.378 e. The summed E-state index contributed by atoms with van der Waals surface area (Å²) in [5.74, 6) is -0.499. The Hall–Kier alpha value is -3.16. The van der Waals surface area contributed by atoms with Crippen molar-refractivity contribution in [2.24, 2.45) is 0 Å². The summed E-state index contributed by atoms with van der Waals surface area (Å²) in [5.41, 5.74) is 2.70. The van der Waals surface area contributed by atoms with E-state index in [1.54, 1.807) is 30.3 Å². The maximum absolute atomic E-state index is 12.8. The van der Waals surface area contributed by atoms with Gasteiger partial charge in [0.05, 0.1) is 29.3 Å². The molecule has 2 N–H and O–H groups in total. The molecule has 0 bridgehead atoms. The number of anilines is 3. The van der Waals surface area contributed by atoms with E-state index in [9.17, 15) is 9.59 Å². The lowest BCUT2D eigenvalue weighted by Gasteiger charge is -2.28. The second-order valence-electron chi connectivity index (χ2n) is 6.58. The molecule has 7 heteroatoms. The summed E-state index contributed by atoms with van der Waals surface area (Å²) in [7, 11) is 0. The lowest BCUT2D eigenvalue weighted by Crippen LogP contribution is -2.36. The number of amides is 2. The Kier molecular flexibility index (Phi) is 5.88. The molecule has 0 atom stereocenters. The normalized spacial score (nSPS) is 13.7. The number of nitrogens with one attached hydrogen (secondary N) is 2. The Morgan fingerprint density at radius 3 is 2.34 bits per heavy atom. The molecule has 1 aliphatic heterocycles. The Morgan fingerprint density at radius 1 is 0.862 bits per heavy atom. The summed E-state index contributed by atoms with van der Waals surface area (Å²) >= 11 is 1.36. The first kappa shape index (κ1) is 19.2. The van der Waals surface area contributed by atoms with E-state index in [-0.39, 0.29) is 11.8 Å². The van der Waals surface area contributed by atoms with Crippen molar-refractivity contribution >= 4 is 40.2 Å². The van der Waals surface area contributed by atoms with Crippen LogP contribution in [-0.2, 0) is 4.74 Å². The van der Waals surface area contributed by atoms with Crippen molar-refractivity contribution in [2.75, 3.05) is 41.8 Å². The van der Waals surface area contributed by atoms with Crippen LogP contribution >= 0.6 is 11.3 Å². The van der Waals surface area contributed by atoms with Crippen LogP contribution in [0.4, 0.5) is 17.1 Å². The van der Waals surface area contributed by atoms with Crippen molar-refractivity contribution in [2.45, 2.75) is 0 Å². The maximum Gasteiger partial charge on any atom is 0.265 e. The first-order valence-electron chi connectivity index (χ1n) is 9.39. The molecule has 3 aromatic rings. The van der Waals surface area contributed by atoms with E-state index in [0.29, 0.717) is 21.8 Å². The quantitative estimate of drug-likeness (QED) is 0.668. The van der Waals surface area contributed by atoms with Crippen LogP contribution in [0, 0.1) is 0 Å². The number of para-hydroxylation sites is 1. The standard InChI is InChI=1S/C22H21N3O3S/c26-21(23-16-7-9-17(10-8-16)25-11-13-28-14-12-25)18-4-1-2-5-19(18)24-22(27)20-6-3-15-29-20/h1-10,15H,11-14H2,(H,23,26)(H,24,27). The smallest absolute Gasteiger partial charge is 0.265 e. The van der Waals surface area contributed by atoms with E-state index in [1.165, 1.54) is 11.3 Å². The maximum atomic E-state index is 12.8. The molecule has 1 fully saturated rings. The molecule has 0 saturated carbocycles. The van der Waals surface area contributed by atoms with Crippen molar-refractivity contribution in [3.05, 3.63) is 76.5 Å². The Labute approximate surface area is 173 Å². The number of ether oxygens (including phenoxy) is 1. The average Bonchev–Trinajstić information content (AvgIpc) is 3.30. The minimum Gasteiger partial charge on any atom is -0.378 e.